The molecule has 0 spiro atoms. The Morgan fingerprint density at radius 2 is 1.56 bits per heavy atom. The van der Waals surface area contributed by atoms with Crippen LogP contribution in [0.25, 0.3) is 11.3 Å². The maximum absolute atomic E-state index is 13.4. The molecule has 0 saturated heterocycles. The molecule has 0 fully saturated rings. The second kappa shape index (κ2) is 6.80. The molecule has 0 amide bonds. The number of sulfonamides is 1. The molecule has 0 radical (unpaired) electrons. The zero-order chi connectivity index (χ0) is 20.1. The Kier molecular flexibility index (Phi) is 4.94. The maximum atomic E-state index is 13.4. The van der Waals surface area contributed by atoms with Crippen LogP contribution in [0.1, 0.15) is 37.7 Å². The fourth-order valence-corrected chi connectivity index (χ4v) is 6.48. The molecular weight excluding hydrogens is 380 g/mol. The van der Waals surface area contributed by atoms with Crippen LogP contribution in [0.15, 0.2) is 21.6 Å². The van der Waals surface area contributed by atoms with Crippen LogP contribution in [-0.4, -0.2) is 13.6 Å². The first-order valence-corrected chi connectivity index (χ1v) is 11.0. The van der Waals surface area contributed by atoms with Gasteiger partial charge in [0.05, 0.1) is 16.9 Å². The van der Waals surface area contributed by atoms with Gasteiger partial charge in [-0.2, -0.15) is 0 Å². The third-order valence-corrected chi connectivity index (χ3v) is 7.44. The highest BCUT2D eigenvalue weighted by Gasteiger charge is 2.30. The lowest BCUT2D eigenvalue weighted by Crippen LogP contribution is -2.16. The number of anilines is 1. The number of hydrogen-bond acceptors (Lipinski definition) is 5. The van der Waals surface area contributed by atoms with Crippen molar-refractivity contribution in [3.8, 4) is 11.3 Å². The zero-order valence-electron chi connectivity index (χ0n) is 16.6. The van der Waals surface area contributed by atoms with Gasteiger partial charge in [-0.25, -0.2) is 8.42 Å². The van der Waals surface area contributed by atoms with Crippen LogP contribution < -0.4 is 4.72 Å². The molecule has 3 aromatic rings. The summed E-state index contributed by atoms with van der Waals surface area (Å²) in [6, 6.07) is 3.95. The molecule has 7 heteroatoms. The number of aromatic nitrogens is 1. The van der Waals surface area contributed by atoms with Crippen molar-refractivity contribution in [2.75, 3.05) is 4.72 Å². The van der Waals surface area contributed by atoms with Gasteiger partial charge in [0, 0.05) is 15.3 Å². The summed E-state index contributed by atoms with van der Waals surface area (Å²) in [6.45, 7) is 13.3. The number of thiophene rings is 1. The Hall–Kier alpha value is -2.12. The Morgan fingerprint density at radius 3 is 2.07 bits per heavy atom. The Bertz CT molecular complexity index is 1120. The van der Waals surface area contributed by atoms with Gasteiger partial charge in [0.15, 0.2) is 5.76 Å². The van der Waals surface area contributed by atoms with Crippen LogP contribution in [0.5, 0.6) is 0 Å². The van der Waals surface area contributed by atoms with Crippen molar-refractivity contribution in [3.63, 3.8) is 0 Å². The largest absolute Gasteiger partial charge is 0.356 e. The summed E-state index contributed by atoms with van der Waals surface area (Å²) in [6.07, 6.45) is 0. The van der Waals surface area contributed by atoms with E-state index in [0.717, 1.165) is 37.7 Å². The van der Waals surface area contributed by atoms with Crippen molar-refractivity contribution in [1.29, 1.82) is 0 Å². The Morgan fingerprint density at radius 1 is 0.963 bits per heavy atom. The number of aryl methyl sites for hydroxylation is 6. The van der Waals surface area contributed by atoms with Crippen LogP contribution in [0.3, 0.4) is 0 Å². The minimum atomic E-state index is -3.79. The predicted octanol–water partition coefficient (Wildman–Crippen LogP) is 5.36. The van der Waals surface area contributed by atoms with E-state index in [9.17, 15) is 8.42 Å². The molecular formula is C20H24N2O3S2. The van der Waals surface area contributed by atoms with Crippen LogP contribution in [0.4, 0.5) is 5.69 Å². The number of nitrogens with zero attached hydrogens (tertiary/aromatic N) is 1. The van der Waals surface area contributed by atoms with E-state index in [4.69, 9.17) is 4.52 Å². The van der Waals surface area contributed by atoms with E-state index >= 15 is 0 Å². The molecule has 0 atom stereocenters. The lowest BCUT2D eigenvalue weighted by atomic mass is 10.1. The molecule has 0 unspecified atom stereocenters. The third kappa shape index (κ3) is 3.41. The molecule has 0 aliphatic heterocycles. The highest BCUT2D eigenvalue weighted by atomic mass is 32.2. The van der Waals surface area contributed by atoms with Crippen molar-refractivity contribution in [2.45, 2.75) is 53.4 Å². The molecule has 2 heterocycles. The lowest BCUT2D eigenvalue weighted by Gasteiger charge is -2.15. The van der Waals surface area contributed by atoms with Crippen LogP contribution in [0, 0.1) is 48.5 Å². The van der Waals surface area contributed by atoms with Crippen molar-refractivity contribution in [1.82, 2.24) is 5.16 Å². The average Bonchev–Trinajstić information content (AvgIpc) is 3.02. The predicted molar refractivity (Wildman–Crippen MR) is 110 cm³/mol. The van der Waals surface area contributed by atoms with E-state index in [-0.39, 0.29) is 4.90 Å². The van der Waals surface area contributed by atoms with Crippen molar-refractivity contribution in [3.05, 3.63) is 49.8 Å². The quantitative estimate of drug-likeness (QED) is 0.635. The standard InChI is InChI=1S/C20H24N2O3S2/c1-10-8-11(2)18(12(3)9-10)22-27(23,24)20-16(7)26-15(6)17(20)19-13(4)14(5)21-25-19/h8-9,22H,1-7H3. The van der Waals surface area contributed by atoms with Crippen LogP contribution >= 0.6 is 11.3 Å². The minimum Gasteiger partial charge on any atom is -0.356 e. The summed E-state index contributed by atoms with van der Waals surface area (Å²) in [5.74, 6) is 0.520. The monoisotopic (exact) mass is 404 g/mol. The molecule has 144 valence electrons. The van der Waals surface area contributed by atoms with Gasteiger partial charge < -0.3 is 4.52 Å². The summed E-state index contributed by atoms with van der Waals surface area (Å²) >= 11 is 1.45. The summed E-state index contributed by atoms with van der Waals surface area (Å²) in [7, 11) is -3.79. The van der Waals surface area contributed by atoms with Gasteiger partial charge in [0.1, 0.15) is 4.90 Å². The van der Waals surface area contributed by atoms with Crippen LogP contribution in [-0.2, 0) is 10.0 Å². The number of rotatable bonds is 4. The highest BCUT2D eigenvalue weighted by Crippen LogP contribution is 2.41. The fraction of sp³-hybridized carbons (Fsp3) is 0.350. The summed E-state index contributed by atoms with van der Waals surface area (Å²) in [4.78, 5) is 1.89. The molecule has 5 nitrogen and oxygen atoms in total. The first-order valence-electron chi connectivity index (χ1n) is 8.66. The molecule has 1 aromatic carbocycles. The molecule has 0 aliphatic carbocycles. The number of hydrogen-bond donors (Lipinski definition) is 1. The first-order chi connectivity index (χ1) is 12.5. The van der Waals surface area contributed by atoms with Gasteiger partial charge in [0.2, 0.25) is 0 Å². The van der Waals surface area contributed by atoms with Crippen molar-refractivity contribution < 1.29 is 12.9 Å². The van der Waals surface area contributed by atoms with Crippen molar-refractivity contribution >= 4 is 27.0 Å². The summed E-state index contributed by atoms with van der Waals surface area (Å²) in [5, 5.41) is 4.00. The summed E-state index contributed by atoms with van der Waals surface area (Å²) < 4.78 is 35.0. The van der Waals surface area contributed by atoms with E-state index in [2.05, 4.69) is 9.88 Å². The first kappa shape index (κ1) is 19.6. The molecule has 0 bridgehead atoms. The number of benzene rings is 1. The normalized spacial score (nSPS) is 11.8. The lowest BCUT2D eigenvalue weighted by molar-refractivity contribution is 0.426. The van der Waals surface area contributed by atoms with Crippen LogP contribution in [0.2, 0.25) is 0 Å². The Labute approximate surface area is 164 Å². The van der Waals surface area contributed by atoms with Gasteiger partial charge in [-0.15, -0.1) is 11.3 Å². The van der Waals surface area contributed by atoms with E-state index < -0.39 is 10.0 Å². The van der Waals surface area contributed by atoms with E-state index in [0.29, 0.717) is 17.0 Å². The molecule has 0 saturated carbocycles. The summed E-state index contributed by atoms with van der Waals surface area (Å²) in [5.41, 5.74) is 5.74. The fourth-order valence-electron chi connectivity index (χ4n) is 3.42. The van der Waals surface area contributed by atoms with E-state index in [1.165, 1.54) is 11.3 Å². The maximum Gasteiger partial charge on any atom is 0.263 e. The van der Waals surface area contributed by atoms with Gasteiger partial charge in [-0.1, -0.05) is 22.9 Å². The van der Waals surface area contributed by atoms with Gasteiger partial charge in [-0.3, -0.25) is 4.72 Å². The second-order valence-corrected chi connectivity index (χ2v) is 10.1. The SMILES string of the molecule is Cc1cc(C)c(NS(=O)(=O)c2c(C)sc(C)c2-c2onc(C)c2C)c(C)c1. The second-order valence-electron chi connectivity index (χ2n) is 7.02. The smallest absolute Gasteiger partial charge is 0.263 e. The van der Waals surface area contributed by atoms with Crippen molar-refractivity contribution in [2.24, 2.45) is 0 Å². The zero-order valence-corrected chi connectivity index (χ0v) is 18.3. The molecule has 0 aliphatic rings. The van der Waals surface area contributed by atoms with E-state index in [1.807, 2.05) is 60.6 Å². The van der Waals surface area contributed by atoms with Gasteiger partial charge in [0.25, 0.3) is 10.0 Å². The topological polar surface area (TPSA) is 72.2 Å². The highest BCUT2D eigenvalue weighted by molar-refractivity contribution is 7.93. The molecule has 1 N–H and O–H groups in total. The molecule has 3 rings (SSSR count). The van der Waals surface area contributed by atoms with Gasteiger partial charge in [-0.05, 0) is 59.6 Å². The van der Waals surface area contributed by atoms with E-state index in [1.54, 1.807) is 0 Å². The number of nitrogens with one attached hydrogen (secondary N) is 1. The minimum absolute atomic E-state index is 0.267. The molecule has 27 heavy (non-hydrogen) atoms. The molecule has 2 aromatic heterocycles. The average molecular weight is 405 g/mol. The third-order valence-electron chi connectivity index (χ3n) is 4.77. The van der Waals surface area contributed by atoms with Gasteiger partial charge >= 0.3 is 0 Å². The Balaban J connectivity index is 2.18.